The quantitative estimate of drug-likeness (QED) is 0.627. The number of aliphatic hydroxyl groups excluding tert-OH is 2. The highest BCUT2D eigenvalue weighted by Crippen LogP contribution is 2.69. The van der Waals surface area contributed by atoms with Gasteiger partial charge in [-0.1, -0.05) is 36.4 Å². The van der Waals surface area contributed by atoms with Gasteiger partial charge in [-0.2, -0.15) is 5.10 Å². The Morgan fingerprint density at radius 2 is 1.97 bits per heavy atom. The number of aliphatic hydroxyl groups is 2. The van der Waals surface area contributed by atoms with Gasteiger partial charge in [0.15, 0.2) is 0 Å². The molecule has 1 aliphatic heterocycles. The maximum atomic E-state index is 11.3. The number of nitrogens with zero attached hydrogens (tertiary/aromatic N) is 4. The molecule has 30 heavy (non-hydrogen) atoms. The third kappa shape index (κ3) is 3.24. The lowest BCUT2D eigenvalue weighted by Gasteiger charge is -2.19. The van der Waals surface area contributed by atoms with E-state index in [2.05, 4.69) is 64.4 Å². The molecule has 2 fully saturated rings. The fourth-order valence-corrected chi connectivity index (χ4v) is 5.74. The number of aromatic nitrogens is 2. The summed E-state index contributed by atoms with van der Waals surface area (Å²) in [6, 6.07) is 18.9. The highest BCUT2D eigenvalue weighted by Gasteiger charge is 2.70. The predicted molar refractivity (Wildman–Crippen MR) is 116 cm³/mol. The molecule has 1 spiro atoms. The smallest absolute Gasteiger partial charge is 0.0744 e. The number of hydrogen-bond acceptors (Lipinski definition) is 5. The summed E-state index contributed by atoms with van der Waals surface area (Å²) >= 11 is 0. The number of pyridine rings is 1. The summed E-state index contributed by atoms with van der Waals surface area (Å²) in [6.45, 7) is 4.05. The van der Waals surface area contributed by atoms with E-state index in [1.807, 2.05) is 22.8 Å². The van der Waals surface area contributed by atoms with Crippen molar-refractivity contribution in [3.63, 3.8) is 0 Å². The lowest BCUT2D eigenvalue weighted by atomic mass is 9.95. The zero-order valence-electron chi connectivity index (χ0n) is 17.4. The van der Waals surface area contributed by atoms with Crippen molar-refractivity contribution < 1.29 is 10.2 Å². The molecule has 1 saturated heterocycles. The summed E-state index contributed by atoms with van der Waals surface area (Å²) in [5, 5.41) is 25.0. The van der Waals surface area contributed by atoms with Crippen LogP contribution < -0.4 is 0 Å². The zero-order valence-corrected chi connectivity index (χ0v) is 17.4. The van der Waals surface area contributed by atoms with Crippen LogP contribution in [0.15, 0.2) is 60.8 Å². The SMILES string of the molecule is CN(CCO)C[C@@H]1[C@@H](c2ccccc2)[C@]12CN(Cc1cccc3ccnn13)C[C@@H]2O. The van der Waals surface area contributed by atoms with Crippen molar-refractivity contribution in [1.29, 1.82) is 0 Å². The van der Waals surface area contributed by atoms with Gasteiger partial charge in [-0.3, -0.25) is 4.90 Å². The Bertz CT molecular complexity index is 1010. The summed E-state index contributed by atoms with van der Waals surface area (Å²) in [4.78, 5) is 4.57. The van der Waals surface area contributed by atoms with Gasteiger partial charge in [0.1, 0.15) is 0 Å². The molecule has 0 radical (unpaired) electrons. The second-order valence-corrected chi connectivity index (χ2v) is 8.96. The number of fused-ring (bicyclic) bond motifs is 1. The third-order valence-corrected chi connectivity index (χ3v) is 7.15. The van der Waals surface area contributed by atoms with Crippen LogP contribution in [0.3, 0.4) is 0 Å². The van der Waals surface area contributed by atoms with Crippen molar-refractivity contribution in [2.45, 2.75) is 18.6 Å². The Morgan fingerprint density at radius 1 is 1.13 bits per heavy atom. The van der Waals surface area contributed by atoms with Gasteiger partial charge in [-0.25, -0.2) is 4.52 Å². The molecule has 5 rings (SSSR count). The molecule has 4 atom stereocenters. The lowest BCUT2D eigenvalue weighted by molar-refractivity contribution is 0.114. The van der Waals surface area contributed by atoms with Crippen molar-refractivity contribution in [1.82, 2.24) is 19.4 Å². The van der Waals surface area contributed by atoms with Gasteiger partial charge in [-0.05, 0) is 42.6 Å². The molecule has 1 aliphatic carbocycles. The second-order valence-electron chi connectivity index (χ2n) is 8.96. The lowest BCUT2D eigenvalue weighted by Crippen LogP contribution is -2.29. The van der Waals surface area contributed by atoms with E-state index in [0.29, 0.717) is 24.9 Å². The topological polar surface area (TPSA) is 64.2 Å². The molecule has 3 aromatic rings. The number of hydrogen-bond donors (Lipinski definition) is 2. The number of β-amino-alcohol motifs (C(OH)–C–C–N with tert-alkyl or cyclic N) is 1. The molecule has 3 heterocycles. The van der Waals surface area contributed by atoms with Crippen molar-refractivity contribution in [2.24, 2.45) is 11.3 Å². The Balaban J connectivity index is 1.39. The van der Waals surface area contributed by atoms with E-state index in [1.54, 1.807) is 0 Å². The summed E-state index contributed by atoms with van der Waals surface area (Å²) in [6.07, 6.45) is 1.48. The molecule has 2 aromatic heterocycles. The molecule has 0 bridgehead atoms. The molecule has 1 aromatic carbocycles. The van der Waals surface area contributed by atoms with E-state index in [0.717, 1.165) is 30.8 Å². The van der Waals surface area contributed by atoms with Gasteiger partial charge in [0.25, 0.3) is 0 Å². The summed E-state index contributed by atoms with van der Waals surface area (Å²) < 4.78 is 1.99. The van der Waals surface area contributed by atoms with Gasteiger partial charge in [-0.15, -0.1) is 0 Å². The van der Waals surface area contributed by atoms with Crippen LogP contribution in [0.25, 0.3) is 5.52 Å². The number of likely N-dealkylation sites (N-methyl/N-ethyl adjacent to an activating group) is 1. The maximum absolute atomic E-state index is 11.3. The minimum Gasteiger partial charge on any atom is -0.395 e. The maximum Gasteiger partial charge on any atom is 0.0744 e. The second kappa shape index (κ2) is 7.78. The highest BCUT2D eigenvalue weighted by atomic mass is 16.3. The fraction of sp³-hybridized carbons (Fsp3) is 0.458. The predicted octanol–water partition coefficient (Wildman–Crippen LogP) is 1.83. The van der Waals surface area contributed by atoms with Gasteiger partial charge in [0.2, 0.25) is 0 Å². The van der Waals surface area contributed by atoms with E-state index in [1.165, 1.54) is 5.56 Å². The molecule has 6 heteroatoms. The van der Waals surface area contributed by atoms with Crippen LogP contribution in [0.4, 0.5) is 0 Å². The molecule has 2 aliphatic rings. The van der Waals surface area contributed by atoms with Gasteiger partial charge < -0.3 is 15.1 Å². The molecule has 0 amide bonds. The van der Waals surface area contributed by atoms with E-state index in [9.17, 15) is 10.2 Å². The first-order valence-corrected chi connectivity index (χ1v) is 10.8. The Morgan fingerprint density at radius 3 is 2.77 bits per heavy atom. The minimum absolute atomic E-state index is 0.122. The van der Waals surface area contributed by atoms with E-state index < -0.39 is 0 Å². The standard InChI is InChI=1S/C24H30N4O2/c1-26(12-13-29)15-21-23(18-6-3-2-4-7-18)24(21)17-27(16-22(24)30)14-20-9-5-8-19-10-11-25-28(19)20/h2-11,21-23,29-30H,12-17H2,1H3/t21-,22+,23-,24-/m1/s1. The van der Waals surface area contributed by atoms with E-state index in [-0.39, 0.29) is 18.1 Å². The minimum atomic E-state index is -0.355. The summed E-state index contributed by atoms with van der Waals surface area (Å²) in [5.74, 6) is 0.734. The van der Waals surface area contributed by atoms with Crippen LogP contribution in [-0.2, 0) is 6.54 Å². The molecule has 158 valence electrons. The van der Waals surface area contributed by atoms with Crippen LogP contribution in [0.2, 0.25) is 0 Å². The van der Waals surface area contributed by atoms with Gasteiger partial charge in [0.05, 0.1) is 23.9 Å². The van der Waals surface area contributed by atoms with Crippen molar-refractivity contribution >= 4 is 5.52 Å². The van der Waals surface area contributed by atoms with Crippen LogP contribution in [0, 0.1) is 11.3 Å². The first-order valence-electron chi connectivity index (χ1n) is 10.8. The van der Waals surface area contributed by atoms with Crippen molar-refractivity contribution in [3.8, 4) is 0 Å². The fourth-order valence-electron chi connectivity index (χ4n) is 5.74. The molecule has 1 saturated carbocycles. The van der Waals surface area contributed by atoms with Crippen LogP contribution >= 0.6 is 0 Å². The number of rotatable bonds is 7. The van der Waals surface area contributed by atoms with Crippen LogP contribution in [-0.4, -0.2) is 75.6 Å². The largest absolute Gasteiger partial charge is 0.395 e. The average Bonchev–Trinajstić information content (AvgIpc) is 3.04. The third-order valence-electron chi connectivity index (χ3n) is 7.15. The van der Waals surface area contributed by atoms with Crippen LogP contribution in [0.1, 0.15) is 17.2 Å². The molecule has 0 unspecified atom stereocenters. The van der Waals surface area contributed by atoms with Crippen LogP contribution in [0.5, 0.6) is 0 Å². The zero-order chi connectivity index (χ0) is 20.7. The molecule has 2 N–H and O–H groups in total. The normalized spacial score (nSPS) is 28.7. The first kappa shape index (κ1) is 19.7. The van der Waals surface area contributed by atoms with Gasteiger partial charge >= 0.3 is 0 Å². The molecular weight excluding hydrogens is 376 g/mol. The Kier molecular flexibility index (Phi) is 5.11. The van der Waals surface area contributed by atoms with E-state index >= 15 is 0 Å². The first-order chi connectivity index (χ1) is 14.6. The summed E-state index contributed by atoms with van der Waals surface area (Å²) in [5.41, 5.74) is 3.44. The number of likely N-dealkylation sites (tertiary alicyclic amines) is 1. The Hall–Kier alpha value is -2.25. The van der Waals surface area contributed by atoms with Gasteiger partial charge in [0, 0.05) is 44.3 Å². The van der Waals surface area contributed by atoms with Crippen molar-refractivity contribution in [2.75, 3.05) is 39.8 Å². The molecular formula is C24H30N4O2. The monoisotopic (exact) mass is 406 g/mol. The van der Waals surface area contributed by atoms with E-state index in [4.69, 9.17) is 0 Å². The average molecular weight is 407 g/mol. The summed E-state index contributed by atoms with van der Waals surface area (Å²) in [7, 11) is 2.06. The van der Waals surface area contributed by atoms with Crippen molar-refractivity contribution in [3.05, 3.63) is 72.1 Å². The Labute approximate surface area is 177 Å². The highest BCUT2D eigenvalue weighted by molar-refractivity contribution is 5.46. The number of benzene rings is 1. The molecule has 6 nitrogen and oxygen atoms in total.